The highest BCUT2D eigenvalue weighted by Gasteiger charge is 2.67. The fourth-order valence-corrected chi connectivity index (χ4v) is 6.86. The van der Waals surface area contributed by atoms with Crippen molar-refractivity contribution in [2.24, 2.45) is 11.3 Å². The molecule has 3 aliphatic heterocycles. The molecule has 3 saturated heterocycles. The predicted octanol–water partition coefficient (Wildman–Crippen LogP) is 3.85. The van der Waals surface area contributed by atoms with Crippen LogP contribution < -0.4 is 9.64 Å². The van der Waals surface area contributed by atoms with Gasteiger partial charge in [0.1, 0.15) is 24.1 Å². The zero-order valence-corrected chi connectivity index (χ0v) is 19.8. The van der Waals surface area contributed by atoms with Crippen LogP contribution in [-0.2, 0) is 4.74 Å². The lowest BCUT2D eigenvalue weighted by atomic mass is 9.80. The molecule has 0 bridgehead atoms. The van der Waals surface area contributed by atoms with Crippen LogP contribution in [0.4, 0.5) is 19.0 Å². The minimum Gasteiger partial charge on any atom is -0.461 e. The normalized spacial score (nSPS) is 34.3. The number of rotatable bonds is 4. The topological polar surface area (TPSA) is 63.6 Å². The van der Waals surface area contributed by atoms with E-state index in [1.54, 1.807) is 0 Å². The third-order valence-electron chi connectivity index (χ3n) is 8.87. The highest BCUT2D eigenvalue weighted by Crippen LogP contribution is 2.66. The van der Waals surface area contributed by atoms with Gasteiger partial charge >= 0.3 is 6.01 Å². The molecule has 5 aliphatic rings. The van der Waals surface area contributed by atoms with Gasteiger partial charge in [0, 0.05) is 25.2 Å². The molecule has 0 N–H and O–H groups in total. The van der Waals surface area contributed by atoms with Crippen molar-refractivity contribution in [3.8, 4) is 6.01 Å². The van der Waals surface area contributed by atoms with E-state index in [0.717, 1.165) is 31.4 Å². The first kappa shape index (κ1) is 22.1. The van der Waals surface area contributed by atoms with E-state index in [0.29, 0.717) is 50.3 Å². The van der Waals surface area contributed by atoms with E-state index in [-0.39, 0.29) is 40.2 Å². The van der Waals surface area contributed by atoms with E-state index in [1.807, 2.05) is 4.90 Å². The van der Waals surface area contributed by atoms with Crippen LogP contribution >= 0.6 is 11.6 Å². The van der Waals surface area contributed by atoms with Crippen molar-refractivity contribution in [3.05, 3.63) is 29.1 Å². The summed E-state index contributed by atoms with van der Waals surface area (Å²) in [7, 11) is 0. The van der Waals surface area contributed by atoms with Crippen LogP contribution in [0.2, 0.25) is 5.15 Å². The quantitative estimate of drug-likeness (QED) is 0.582. The maximum atomic E-state index is 15.1. The average molecular weight is 508 g/mol. The smallest absolute Gasteiger partial charge is 0.319 e. The summed E-state index contributed by atoms with van der Waals surface area (Å²) in [5.41, 5.74) is 0.544. The van der Waals surface area contributed by atoms with E-state index >= 15 is 4.39 Å². The van der Waals surface area contributed by atoms with E-state index in [4.69, 9.17) is 21.1 Å². The zero-order chi connectivity index (χ0) is 23.9. The molecule has 2 aromatic rings. The van der Waals surface area contributed by atoms with Gasteiger partial charge in [-0.3, -0.25) is 4.90 Å². The summed E-state index contributed by atoms with van der Waals surface area (Å²) in [5, 5.41) is 0.0489. The number of halogens is 4. The van der Waals surface area contributed by atoms with Gasteiger partial charge < -0.3 is 14.4 Å². The Kier molecular flexibility index (Phi) is 4.83. The van der Waals surface area contributed by atoms with Gasteiger partial charge in [-0.05, 0) is 43.2 Å². The molecule has 186 valence electrons. The van der Waals surface area contributed by atoms with Gasteiger partial charge in [0.25, 0.3) is 0 Å². The summed E-state index contributed by atoms with van der Waals surface area (Å²) in [6.45, 7) is 2.92. The molecule has 0 radical (unpaired) electrons. The van der Waals surface area contributed by atoms with Gasteiger partial charge in [0.05, 0.1) is 36.5 Å². The third-order valence-corrected chi connectivity index (χ3v) is 9.13. The monoisotopic (exact) mass is 507 g/mol. The molecule has 2 aromatic heterocycles. The van der Waals surface area contributed by atoms with E-state index in [2.05, 4.69) is 19.9 Å². The Balaban J connectivity index is 1.28. The van der Waals surface area contributed by atoms with Crippen LogP contribution in [0.1, 0.15) is 25.7 Å². The zero-order valence-electron chi connectivity index (χ0n) is 19.0. The minimum atomic E-state index is -1.04. The Labute approximate surface area is 205 Å². The van der Waals surface area contributed by atoms with Crippen molar-refractivity contribution >= 4 is 28.3 Å². The van der Waals surface area contributed by atoms with Crippen LogP contribution in [0, 0.1) is 17.2 Å². The molecule has 5 fully saturated rings. The Morgan fingerprint density at radius 2 is 2.11 bits per heavy atom. The molecule has 4 atom stereocenters. The summed E-state index contributed by atoms with van der Waals surface area (Å²) >= 11 is 5.97. The van der Waals surface area contributed by atoms with Crippen LogP contribution in [0.25, 0.3) is 10.9 Å². The molecule has 5 heterocycles. The van der Waals surface area contributed by atoms with Gasteiger partial charge in [-0.2, -0.15) is 9.97 Å². The van der Waals surface area contributed by atoms with Crippen LogP contribution in [0.15, 0.2) is 18.1 Å². The molecular weight excluding hydrogens is 483 g/mol. The van der Waals surface area contributed by atoms with Crippen LogP contribution in [0.3, 0.4) is 0 Å². The summed E-state index contributed by atoms with van der Waals surface area (Å²) in [6.07, 6.45) is 4.92. The molecule has 1 spiro atoms. The van der Waals surface area contributed by atoms with E-state index in [1.165, 1.54) is 6.20 Å². The van der Waals surface area contributed by atoms with Crippen LogP contribution in [0.5, 0.6) is 6.01 Å². The number of fused-ring (bicyclic) bond motifs is 4. The molecule has 2 saturated carbocycles. The van der Waals surface area contributed by atoms with Crippen molar-refractivity contribution in [3.63, 3.8) is 0 Å². The first-order valence-corrected chi connectivity index (χ1v) is 12.5. The number of pyridine rings is 1. The highest BCUT2D eigenvalue weighted by atomic mass is 35.5. The largest absolute Gasteiger partial charge is 0.461 e. The number of hydrogen-bond donors (Lipinski definition) is 0. The summed E-state index contributed by atoms with van der Waals surface area (Å²) in [4.78, 5) is 17.1. The summed E-state index contributed by atoms with van der Waals surface area (Å²) < 4.78 is 54.9. The van der Waals surface area contributed by atoms with Crippen molar-refractivity contribution < 1.29 is 22.6 Å². The second-order valence-electron chi connectivity index (χ2n) is 10.5. The molecule has 0 aromatic carbocycles. The number of aromatic nitrogens is 3. The molecule has 2 aliphatic carbocycles. The number of nitrogens with zero attached hydrogens (tertiary/aromatic N) is 5. The predicted molar refractivity (Wildman–Crippen MR) is 123 cm³/mol. The van der Waals surface area contributed by atoms with Crippen molar-refractivity contribution in [1.29, 1.82) is 0 Å². The Hall–Kier alpha value is -2.17. The average Bonchev–Trinajstić information content (AvgIpc) is 3.73. The van der Waals surface area contributed by atoms with E-state index < -0.39 is 18.0 Å². The molecular formula is C24H25ClF3N5O2. The van der Waals surface area contributed by atoms with Crippen molar-refractivity contribution in [2.45, 2.75) is 43.4 Å². The van der Waals surface area contributed by atoms with Crippen molar-refractivity contribution in [2.75, 3.05) is 44.4 Å². The van der Waals surface area contributed by atoms with Gasteiger partial charge in [0.15, 0.2) is 11.0 Å². The second kappa shape index (κ2) is 7.66. The van der Waals surface area contributed by atoms with Gasteiger partial charge in [0.2, 0.25) is 0 Å². The van der Waals surface area contributed by atoms with Gasteiger partial charge in [-0.1, -0.05) is 11.6 Å². The van der Waals surface area contributed by atoms with Crippen molar-refractivity contribution in [1.82, 2.24) is 19.9 Å². The van der Waals surface area contributed by atoms with E-state index in [9.17, 15) is 8.78 Å². The first-order valence-electron chi connectivity index (χ1n) is 12.1. The SMILES string of the molecule is F/C=C1\CN2CCC3(CC3)[C@@]2(COc2nc(N3CCOCC4C(F)C43)c3cnc(Cl)c(F)c3n2)C1. The van der Waals surface area contributed by atoms with Crippen LogP contribution in [-0.4, -0.2) is 77.1 Å². The number of alkyl halides is 1. The Bertz CT molecular complexity index is 1240. The Morgan fingerprint density at radius 3 is 2.91 bits per heavy atom. The van der Waals surface area contributed by atoms with Gasteiger partial charge in [-0.25, -0.2) is 18.2 Å². The fraction of sp³-hybridized carbons (Fsp3) is 0.625. The van der Waals surface area contributed by atoms with Gasteiger partial charge in [-0.15, -0.1) is 0 Å². The molecule has 7 nitrogen and oxygen atoms in total. The number of anilines is 1. The third kappa shape index (κ3) is 3.15. The summed E-state index contributed by atoms with van der Waals surface area (Å²) in [5.74, 6) is -0.649. The first-order chi connectivity index (χ1) is 17.0. The highest BCUT2D eigenvalue weighted by molar-refractivity contribution is 6.30. The fourth-order valence-electron chi connectivity index (χ4n) is 6.73. The molecule has 3 unspecified atom stereocenters. The lowest BCUT2D eigenvalue weighted by molar-refractivity contribution is 0.0649. The Morgan fingerprint density at radius 1 is 1.26 bits per heavy atom. The molecule has 7 rings (SSSR count). The molecule has 35 heavy (non-hydrogen) atoms. The second-order valence-corrected chi connectivity index (χ2v) is 10.9. The maximum absolute atomic E-state index is 15.1. The molecule has 0 amide bonds. The number of hydrogen-bond acceptors (Lipinski definition) is 7. The standard InChI is InChI=1S/C24H25ClF3N5O2/c25-20-17(28)18-14(9-29-20)21(33-5-6-34-11-15-16(27)19(15)33)31-22(30-18)35-12-24-7-13(8-26)10-32(24)4-3-23(24)1-2-23/h8-9,15-16,19H,1-7,10-12H2/b13-8-/t15?,16?,19?,24-/m0/s1. The lowest BCUT2D eigenvalue weighted by Gasteiger charge is -2.36. The number of ether oxygens (including phenoxy) is 2. The minimum absolute atomic E-state index is 0.00106. The molecule has 11 heteroatoms. The summed E-state index contributed by atoms with van der Waals surface area (Å²) in [6, 6.07) is -0.394. The lowest BCUT2D eigenvalue weighted by Crippen LogP contribution is -2.49. The maximum Gasteiger partial charge on any atom is 0.319 e.